The third-order valence-corrected chi connectivity index (χ3v) is 7.52. The number of halogens is 4. The van der Waals surface area contributed by atoms with E-state index in [1.165, 1.54) is 0 Å². The highest BCUT2D eigenvalue weighted by atomic mass is 35.5. The SMILES string of the molecule is CN1CC(C(=O)N=C(C2C(F)CCC(Cl)C2F)C23CCC(F)(CC2)C3)C1. The summed E-state index contributed by atoms with van der Waals surface area (Å²) >= 11 is 6.10. The molecular weight excluding hydrogens is 365 g/mol. The highest BCUT2D eigenvalue weighted by molar-refractivity contribution is 6.21. The molecular formula is C19H26ClF3N2O. The molecule has 3 aliphatic carbocycles. The van der Waals surface area contributed by atoms with Gasteiger partial charge in [-0.25, -0.2) is 18.2 Å². The van der Waals surface area contributed by atoms with Crippen molar-refractivity contribution in [2.75, 3.05) is 20.1 Å². The molecule has 0 spiro atoms. The summed E-state index contributed by atoms with van der Waals surface area (Å²) in [4.78, 5) is 19.0. The highest BCUT2D eigenvalue weighted by Crippen LogP contribution is 2.61. The van der Waals surface area contributed by atoms with Crippen LogP contribution >= 0.6 is 11.6 Å². The normalized spacial score (nSPS) is 47.2. The molecule has 1 aliphatic heterocycles. The maximum Gasteiger partial charge on any atom is 0.251 e. The third kappa shape index (κ3) is 3.01. The average Bonchev–Trinajstić information content (AvgIpc) is 3.09. The van der Waals surface area contributed by atoms with Crippen molar-refractivity contribution in [1.82, 2.24) is 4.90 Å². The first-order chi connectivity index (χ1) is 12.2. The molecule has 4 rings (SSSR count). The third-order valence-electron chi connectivity index (χ3n) is 7.06. The molecule has 1 amide bonds. The fraction of sp³-hybridized carbons (Fsp3) is 0.895. The van der Waals surface area contributed by atoms with E-state index in [1.54, 1.807) is 0 Å². The first kappa shape index (κ1) is 18.7. The number of carbonyl (C=O) groups excluding carboxylic acids is 1. The number of fused-ring (bicyclic) bond motifs is 2. The molecule has 4 fully saturated rings. The van der Waals surface area contributed by atoms with Crippen LogP contribution in [0.5, 0.6) is 0 Å². The van der Waals surface area contributed by atoms with Gasteiger partial charge >= 0.3 is 0 Å². The molecule has 4 aliphatic rings. The molecule has 3 saturated carbocycles. The lowest BCUT2D eigenvalue weighted by Crippen LogP contribution is -2.50. The minimum absolute atomic E-state index is 0.162. The highest BCUT2D eigenvalue weighted by Gasteiger charge is 2.60. The van der Waals surface area contributed by atoms with Crippen LogP contribution in [-0.4, -0.2) is 60.0 Å². The Labute approximate surface area is 157 Å². The molecule has 0 aromatic carbocycles. The zero-order valence-electron chi connectivity index (χ0n) is 15.1. The summed E-state index contributed by atoms with van der Waals surface area (Å²) in [6.45, 7) is 1.22. The first-order valence-electron chi connectivity index (χ1n) is 9.66. The monoisotopic (exact) mass is 390 g/mol. The van der Waals surface area contributed by atoms with E-state index in [-0.39, 0.29) is 36.8 Å². The molecule has 3 nitrogen and oxygen atoms in total. The number of nitrogens with zero attached hydrogens (tertiary/aromatic N) is 2. The zero-order chi connectivity index (χ0) is 18.7. The lowest BCUT2D eigenvalue weighted by molar-refractivity contribution is -0.126. The second-order valence-electron chi connectivity index (χ2n) is 8.94. The van der Waals surface area contributed by atoms with Crippen LogP contribution in [0.25, 0.3) is 0 Å². The van der Waals surface area contributed by atoms with Crippen molar-refractivity contribution in [2.24, 2.45) is 22.2 Å². The number of rotatable bonds is 3. The number of carbonyl (C=O) groups is 1. The van der Waals surface area contributed by atoms with E-state index in [1.807, 2.05) is 11.9 Å². The predicted octanol–water partition coefficient (Wildman–Crippen LogP) is 3.88. The predicted molar refractivity (Wildman–Crippen MR) is 94.9 cm³/mol. The Kier molecular flexibility index (Phi) is 4.66. The standard InChI is InChI=1S/C19H26ClF3N2O/c1-25-8-11(9-25)17(26)24-16(14-13(21)3-2-12(20)15(14)22)18-4-6-19(23,10-18)7-5-18/h11-15H,2-10H2,1H3. The van der Waals surface area contributed by atoms with Crippen LogP contribution < -0.4 is 0 Å². The molecule has 4 unspecified atom stereocenters. The number of hydrogen-bond donors (Lipinski definition) is 0. The second-order valence-corrected chi connectivity index (χ2v) is 9.50. The summed E-state index contributed by atoms with van der Waals surface area (Å²) in [5.41, 5.74) is -1.67. The first-order valence-corrected chi connectivity index (χ1v) is 10.1. The topological polar surface area (TPSA) is 32.7 Å². The van der Waals surface area contributed by atoms with Gasteiger partial charge in [0.25, 0.3) is 5.91 Å². The van der Waals surface area contributed by atoms with Crippen LogP contribution in [-0.2, 0) is 4.79 Å². The van der Waals surface area contributed by atoms with E-state index in [4.69, 9.17) is 11.6 Å². The number of likely N-dealkylation sites (tertiary alicyclic amines) is 1. The van der Waals surface area contributed by atoms with E-state index in [0.717, 1.165) is 0 Å². The fourth-order valence-electron chi connectivity index (χ4n) is 5.50. The Morgan fingerprint density at radius 3 is 2.35 bits per heavy atom. The lowest BCUT2D eigenvalue weighted by atomic mass is 9.69. The smallest absolute Gasteiger partial charge is 0.251 e. The number of alkyl halides is 4. The Morgan fingerprint density at radius 1 is 1.15 bits per heavy atom. The van der Waals surface area contributed by atoms with Gasteiger partial charge in [-0.2, -0.15) is 0 Å². The van der Waals surface area contributed by atoms with Crippen molar-refractivity contribution < 1.29 is 18.0 Å². The van der Waals surface area contributed by atoms with Gasteiger partial charge < -0.3 is 4.90 Å². The molecule has 1 saturated heterocycles. The maximum absolute atomic E-state index is 15.0. The van der Waals surface area contributed by atoms with Crippen molar-refractivity contribution in [1.29, 1.82) is 0 Å². The van der Waals surface area contributed by atoms with Gasteiger partial charge in [-0.3, -0.25) is 4.79 Å². The van der Waals surface area contributed by atoms with Crippen LogP contribution in [0.15, 0.2) is 4.99 Å². The quantitative estimate of drug-likeness (QED) is 0.541. The largest absolute Gasteiger partial charge is 0.305 e. The lowest BCUT2D eigenvalue weighted by Gasteiger charge is -2.40. The summed E-state index contributed by atoms with van der Waals surface area (Å²) in [6.07, 6.45) is -0.522. The van der Waals surface area contributed by atoms with E-state index in [0.29, 0.717) is 38.8 Å². The Bertz CT molecular complexity index is 614. The molecule has 26 heavy (non-hydrogen) atoms. The van der Waals surface area contributed by atoms with Gasteiger partial charge in [0.1, 0.15) is 18.0 Å². The minimum Gasteiger partial charge on any atom is -0.305 e. The molecule has 4 atom stereocenters. The number of hydrogen-bond acceptors (Lipinski definition) is 2. The molecule has 1 heterocycles. The van der Waals surface area contributed by atoms with Gasteiger partial charge in [0, 0.05) is 24.2 Å². The van der Waals surface area contributed by atoms with Crippen LogP contribution in [0.1, 0.15) is 44.9 Å². The molecule has 2 bridgehead atoms. The summed E-state index contributed by atoms with van der Waals surface area (Å²) < 4.78 is 44.6. The second kappa shape index (κ2) is 6.47. The van der Waals surface area contributed by atoms with Crippen molar-refractivity contribution >= 4 is 23.2 Å². The number of amides is 1. The van der Waals surface area contributed by atoms with Crippen LogP contribution in [0, 0.1) is 17.3 Å². The van der Waals surface area contributed by atoms with Gasteiger partial charge in [0.05, 0.1) is 17.2 Å². The van der Waals surface area contributed by atoms with Crippen LogP contribution in [0.4, 0.5) is 13.2 Å². The van der Waals surface area contributed by atoms with Crippen molar-refractivity contribution in [3.05, 3.63) is 0 Å². The van der Waals surface area contributed by atoms with Gasteiger partial charge in [-0.15, -0.1) is 11.6 Å². The molecule has 146 valence electrons. The summed E-state index contributed by atoms with van der Waals surface area (Å²) in [6, 6.07) is 0. The Balaban J connectivity index is 1.69. The van der Waals surface area contributed by atoms with E-state index in [2.05, 4.69) is 4.99 Å². The summed E-state index contributed by atoms with van der Waals surface area (Å²) in [5.74, 6) is -1.66. The fourth-order valence-corrected chi connectivity index (χ4v) is 5.78. The molecule has 7 heteroatoms. The van der Waals surface area contributed by atoms with Gasteiger partial charge in [-0.05, 0) is 52.0 Å². The Morgan fingerprint density at radius 2 is 1.81 bits per heavy atom. The Hall–Kier alpha value is -0.620. The van der Waals surface area contributed by atoms with Gasteiger partial charge in [0.15, 0.2) is 0 Å². The average molecular weight is 391 g/mol. The van der Waals surface area contributed by atoms with E-state index >= 15 is 0 Å². The van der Waals surface area contributed by atoms with Crippen molar-refractivity contribution in [2.45, 2.75) is 68.3 Å². The van der Waals surface area contributed by atoms with Gasteiger partial charge in [-0.1, -0.05) is 0 Å². The van der Waals surface area contributed by atoms with E-state index < -0.39 is 34.7 Å². The summed E-state index contributed by atoms with van der Waals surface area (Å²) in [7, 11) is 1.91. The molecule has 0 N–H and O–H groups in total. The zero-order valence-corrected chi connectivity index (χ0v) is 15.8. The van der Waals surface area contributed by atoms with Crippen molar-refractivity contribution in [3.63, 3.8) is 0 Å². The maximum atomic E-state index is 15.0. The van der Waals surface area contributed by atoms with E-state index in [9.17, 15) is 18.0 Å². The molecule has 0 aromatic rings. The molecule has 0 aromatic heterocycles. The van der Waals surface area contributed by atoms with Gasteiger partial charge in [0.2, 0.25) is 0 Å². The van der Waals surface area contributed by atoms with Crippen LogP contribution in [0.3, 0.4) is 0 Å². The number of aliphatic imine (C=N–C) groups is 1. The molecule has 0 radical (unpaired) electrons. The van der Waals surface area contributed by atoms with Crippen molar-refractivity contribution in [3.8, 4) is 0 Å². The summed E-state index contributed by atoms with van der Waals surface area (Å²) in [5, 5.41) is -0.781. The minimum atomic E-state index is -1.58. The van der Waals surface area contributed by atoms with Crippen LogP contribution in [0.2, 0.25) is 0 Å².